The summed E-state index contributed by atoms with van der Waals surface area (Å²) in [5.74, 6) is -0.459. The molecule has 1 aliphatic carbocycles. The van der Waals surface area contributed by atoms with Crippen molar-refractivity contribution in [2.75, 3.05) is 26.2 Å². The van der Waals surface area contributed by atoms with Crippen LogP contribution in [0.3, 0.4) is 0 Å². The number of carbonyl (C=O) groups is 2. The maximum atomic E-state index is 13.2. The Morgan fingerprint density at radius 1 is 0.968 bits per heavy atom. The van der Waals surface area contributed by atoms with E-state index in [1.807, 2.05) is 0 Å². The van der Waals surface area contributed by atoms with Crippen molar-refractivity contribution in [2.45, 2.75) is 62.3 Å². The van der Waals surface area contributed by atoms with E-state index in [1.165, 1.54) is 16.4 Å². The van der Waals surface area contributed by atoms with Crippen molar-refractivity contribution in [3.63, 3.8) is 0 Å². The van der Waals surface area contributed by atoms with Crippen molar-refractivity contribution in [3.8, 4) is 0 Å². The van der Waals surface area contributed by atoms with Crippen LogP contribution in [0.2, 0.25) is 5.02 Å². The van der Waals surface area contributed by atoms with Crippen molar-refractivity contribution in [3.05, 3.63) is 28.8 Å². The third-order valence-corrected chi connectivity index (χ3v) is 8.74. The molecule has 1 aromatic carbocycles. The second-order valence-corrected chi connectivity index (χ2v) is 11.2. The van der Waals surface area contributed by atoms with Gasteiger partial charge in [-0.15, -0.1) is 0 Å². The van der Waals surface area contributed by atoms with Gasteiger partial charge < -0.3 is 10.2 Å². The van der Waals surface area contributed by atoms with Crippen LogP contribution in [-0.4, -0.2) is 61.7 Å². The van der Waals surface area contributed by atoms with E-state index in [0.717, 1.165) is 51.4 Å². The molecule has 0 radical (unpaired) electrons. The highest BCUT2D eigenvalue weighted by Crippen LogP contribution is 2.29. The quantitative estimate of drug-likeness (QED) is 0.721. The summed E-state index contributed by atoms with van der Waals surface area (Å²) < 4.78 is 27.9. The van der Waals surface area contributed by atoms with Crippen LogP contribution in [0.4, 0.5) is 0 Å². The van der Waals surface area contributed by atoms with Crippen molar-refractivity contribution >= 4 is 33.4 Å². The van der Waals surface area contributed by atoms with E-state index in [9.17, 15) is 18.0 Å². The molecule has 7 nitrogen and oxygen atoms in total. The number of piperidine rings is 1. The molecule has 1 saturated carbocycles. The van der Waals surface area contributed by atoms with Gasteiger partial charge >= 0.3 is 0 Å². The first kappa shape index (κ1) is 22.6. The van der Waals surface area contributed by atoms with Crippen LogP contribution in [0.25, 0.3) is 0 Å². The summed E-state index contributed by atoms with van der Waals surface area (Å²) in [5.41, 5.74) is 0.293. The van der Waals surface area contributed by atoms with Crippen molar-refractivity contribution in [1.29, 1.82) is 0 Å². The van der Waals surface area contributed by atoms with E-state index in [-0.39, 0.29) is 27.7 Å². The van der Waals surface area contributed by atoms with Gasteiger partial charge in [0.05, 0.1) is 10.9 Å². The molecule has 0 bridgehead atoms. The smallest absolute Gasteiger partial charge is 0.253 e. The molecular formula is C22H30ClN3O4S. The third kappa shape index (κ3) is 5.23. The van der Waals surface area contributed by atoms with Gasteiger partial charge in [0.2, 0.25) is 15.9 Å². The number of halogens is 1. The minimum atomic E-state index is -3.77. The molecule has 1 unspecified atom stereocenters. The van der Waals surface area contributed by atoms with Gasteiger partial charge in [0.1, 0.15) is 4.90 Å². The molecule has 0 aromatic heterocycles. The number of likely N-dealkylation sites (tertiary alicyclic amines) is 1. The number of nitrogens with zero attached hydrogens (tertiary/aromatic N) is 2. The molecule has 9 heteroatoms. The first-order chi connectivity index (χ1) is 14.9. The number of benzene rings is 1. The number of carbonyl (C=O) groups excluding carboxylic acids is 2. The maximum absolute atomic E-state index is 13.2. The summed E-state index contributed by atoms with van der Waals surface area (Å²) in [4.78, 5) is 27.2. The lowest BCUT2D eigenvalue weighted by Gasteiger charge is -2.32. The van der Waals surface area contributed by atoms with Gasteiger partial charge in [-0.25, -0.2) is 8.42 Å². The van der Waals surface area contributed by atoms with Gasteiger partial charge in [-0.3, -0.25) is 9.59 Å². The molecule has 3 aliphatic rings. The number of nitrogens with one attached hydrogen (secondary N) is 1. The minimum Gasteiger partial charge on any atom is -0.353 e. The summed E-state index contributed by atoms with van der Waals surface area (Å²) in [7, 11) is -3.77. The van der Waals surface area contributed by atoms with Crippen LogP contribution in [0.1, 0.15) is 61.7 Å². The number of sulfonamides is 1. The van der Waals surface area contributed by atoms with Gasteiger partial charge in [-0.05, 0) is 56.7 Å². The normalized spacial score (nSPS) is 23.3. The average Bonchev–Trinajstić information content (AvgIpc) is 3.60. The maximum Gasteiger partial charge on any atom is 0.253 e. The Balaban J connectivity index is 1.51. The summed E-state index contributed by atoms with van der Waals surface area (Å²) in [6.45, 7) is 1.86. The Morgan fingerprint density at radius 3 is 2.35 bits per heavy atom. The molecule has 2 amide bonds. The fourth-order valence-electron chi connectivity index (χ4n) is 4.36. The number of amides is 2. The van der Waals surface area contributed by atoms with E-state index < -0.39 is 10.0 Å². The largest absolute Gasteiger partial charge is 0.353 e. The van der Waals surface area contributed by atoms with E-state index in [1.54, 1.807) is 11.0 Å². The van der Waals surface area contributed by atoms with E-state index in [0.29, 0.717) is 37.8 Å². The average molecular weight is 468 g/mol. The SMILES string of the molecule is O=C(NC1CC1)C1CCCN(C(=O)c2ccc(Cl)c(S(=O)(=O)N3CCCCCC3)c2)C1. The minimum absolute atomic E-state index is 0.0121. The van der Waals surface area contributed by atoms with Crippen LogP contribution < -0.4 is 5.32 Å². The first-order valence-corrected chi connectivity index (χ1v) is 13.1. The molecular weight excluding hydrogens is 438 g/mol. The van der Waals surface area contributed by atoms with Crippen molar-refractivity contribution in [2.24, 2.45) is 5.92 Å². The second-order valence-electron chi connectivity index (χ2n) is 8.84. The molecule has 31 heavy (non-hydrogen) atoms. The van der Waals surface area contributed by atoms with E-state index >= 15 is 0 Å². The summed E-state index contributed by atoms with van der Waals surface area (Å²) >= 11 is 6.27. The zero-order valence-corrected chi connectivity index (χ0v) is 19.3. The molecule has 3 fully saturated rings. The molecule has 0 spiro atoms. The van der Waals surface area contributed by atoms with Gasteiger partial charge in [-0.2, -0.15) is 4.31 Å². The number of rotatable bonds is 5. The topological polar surface area (TPSA) is 86.8 Å². The molecule has 2 saturated heterocycles. The fourth-order valence-corrected chi connectivity index (χ4v) is 6.38. The Kier molecular flexibility index (Phi) is 6.89. The van der Waals surface area contributed by atoms with Crippen LogP contribution in [-0.2, 0) is 14.8 Å². The van der Waals surface area contributed by atoms with Crippen molar-refractivity contribution < 1.29 is 18.0 Å². The highest BCUT2D eigenvalue weighted by molar-refractivity contribution is 7.89. The van der Waals surface area contributed by atoms with Crippen LogP contribution in [0, 0.1) is 5.92 Å². The highest BCUT2D eigenvalue weighted by atomic mass is 35.5. The summed E-state index contributed by atoms with van der Waals surface area (Å²) in [6, 6.07) is 4.75. The zero-order valence-electron chi connectivity index (χ0n) is 17.7. The lowest BCUT2D eigenvalue weighted by atomic mass is 9.96. The van der Waals surface area contributed by atoms with E-state index in [2.05, 4.69) is 5.32 Å². The lowest BCUT2D eigenvalue weighted by Crippen LogP contribution is -2.45. The Hall–Kier alpha value is -1.64. The third-order valence-electron chi connectivity index (χ3n) is 6.36. The Morgan fingerprint density at radius 2 is 1.68 bits per heavy atom. The second kappa shape index (κ2) is 9.46. The fraction of sp³-hybridized carbons (Fsp3) is 0.636. The molecule has 2 heterocycles. The van der Waals surface area contributed by atoms with Gasteiger partial charge in [0.15, 0.2) is 0 Å². The highest BCUT2D eigenvalue weighted by Gasteiger charge is 2.33. The van der Waals surface area contributed by atoms with Crippen molar-refractivity contribution in [1.82, 2.24) is 14.5 Å². The molecule has 1 aromatic rings. The van der Waals surface area contributed by atoms with Crippen LogP contribution >= 0.6 is 11.6 Å². The predicted molar refractivity (Wildman–Crippen MR) is 118 cm³/mol. The standard InChI is InChI=1S/C22H30ClN3O4S/c23-19-10-7-16(14-20(19)31(29,30)26-12-3-1-2-4-13-26)22(28)25-11-5-6-17(15-25)21(27)24-18-8-9-18/h7,10,14,17-18H,1-6,8-9,11-13,15H2,(H,24,27). The lowest BCUT2D eigenvalue weighted by molar-refractivity contribution is -0.126. The molecule has 2 aliphatic heterocycles. The van der Waals surface area contributed by atoms with Gasteiger partial charge in [-0.1, -0.05) is 24.4 Å². The van der Waals surface area contributed by atoms with Crippen LogP contribution in [0.5, 0.6) is 0 Å². The Bertz CT molecular complexity index is 940. The molecule has 4 rings (SSSR count). The number of hydrogen-bond donors (Lipinski definition) is 1. The molecule has 1 atom stereocenters. The number of hydrogen-bond acceptors (Lipinski definition) is 4. The molecule has 170 valence electrons. The monoisotopic (exact) mass is 467 g/mol. The summed E-state index contributed by atoms with van der Waals surface area (Å²) in [6.07, 6.45) is 7.26. The first-order valence-electron chi connectivity index (χ1n) is 11.3. The van der Waals surface area contributed by atoms with Crippen LogP contribution in [0.15, 0.2) is 23.1 Å². The Labute approximate surface area is 189 Å². The van der Waals surface area contributed by atoms with Gasteiger partial charge in [0, 0.05) is 37.8 Å². The summed E-state index contributed by atoms with van der Waals surface area (Å²) in [5, 5.41) is 3.15. The molecule has 1 N–H and O–H groups in total. The predicted octanol–water partition coefficient (Wildman–Crippen LogP) is 3.04. The van der Waals surface area contributed by atoms with Gasteiger partial charge in [0.25, 0.3) is 5.91 Å². The zero-order chi connectivity index (χ0) is 22.0. The van der Waals surface area contributed by atoms with E-state index in [4.69, 9.17) is 11.6 Å².